The van der Waals surface area contributed by atoms with E-state index in [1.54, 1.807) is 20.8 Å². The summed E-state index contributed by atoms with van der Waals surface area (Å²) < 4.78 is 4.99. The fraction of sp³-hybridized carbons (Fsp3) is 0.867. The zero-order valence-corrected chi connectivity index (χ0v) is 13.4. The summed E-state index contributed by atoms with van der Waals surface area (Å²) >= 11 is 0. The van der Waals surface area contributed by atoms with E-state index in [2.05, 4.69) is 23.6 Å². The molecule has 1 atom stereocenters. The third-order valence-electron chi connectivity index (χ3n) is 4.11. The number of carbonyl (C=O) groups is 2. The first kappa shape index (κ1) is 17.1. The molecule has 20 heavy (non-hydrogen) atoms. The zero-order valence-electron chi connectivity index (χ0n) is 13.4. The molecule has 1 saturated heterocycles. The number of ketones is 1. The number of hydrogen-bond acceptors (Lipinski definition) is 5. The highest BCUT2D eigenvalue weighted by Crippen LogP contribution is 2.20. The van der Waals surface area contributed by atoms with Crippen LogP contribution in [0.15, 0.2) is 0 Å². The lowest BCUT2D eigenvalue weighted by Gasteiger charge is -2.39. The number of nitrogens with zero attached hydrogens (tertiary/aromatic N) is 2. The highest BCUT2D eigenvalue weighted by molar-refractivity contribution is 6.03. The van der Waals surface area contributed by atoms with E-state index in [0.717, 1.165) is 26.2 Å². The lowest BCUT2D eigenvalue weighted by Crippen LogP contribution is -2.54. The lowest BCUT2D eigenvalue weighted by atomic mass is 9.87. The summed E-state index contributed by atoms with van der Waals surface area (Å²) in [5.41, 5.74) is -1.05. The SMILES string of the molecule is CCOC(=O)C(C)(C)C(=O)CN1CCN(CC)C(C)C1. The second-order valence-corrected chi connectivity index (χ2v) is 5.98. The van der Waals surface area contributed by atoms with Gasteiger partial charge in [-0.05, 0) is 34.2 Å². The molecule has 1 aliphatic rings. The van der Waals surface area contributed by atoms with Gasteiger partial charge in [-0.3, -0.25) is 19.4 Å². The summed E-state index contributed by atoms with van der Waals surface area (Å²) in [5.74, 6) is -0.488. The van der Waals surface area contributed by atoms with Crippen molar-refractivity contribution < 1.29 is 14.3 Å². The number of rotatable bonds is 6. The molecular formula is C15H28N2O3. The van der Waals surface area contributed by atoms with Crippen LogP contribution < -0.4 is 0 Å². The number of likely N-dealkylation sites (N-methyl/N-ethyl adjacent to an activating group) is 1. The van der Waals surface area contributed by atoms with Crippen molar-refractivity contribution in [3.05, 3.63) is 0 Å². The fourth-order valence-electron chi connectivity index (χ4n) is 2.51. The van der Waals surface area contributed by atoms with Crippen molar-refractivity contribution in [2.24, 2.45) is 5.41 Å². The van der Waals surface area contributed by atoms with Crippen molar-refractivity contribution in [3.63, 3.8) is 0 Å². The molecule has 0 amide bonds. The van der Waals surface area contributed by atoms with Crippen LogP contribution in [0.3, 0.4) is 0 Å². The Bertz CT molecular complexity index is 355. The Hall–Kier alpha value is -0.940. The Morgan fingerprint density at radius 2 is 1.90 bits per heavy atom. The molecule has 0 aliphatic carbocycles. The van der Waals surface area contributed by atoms with Crippen LogP contribution in [0, 0.1) is 5.41 Å². The largest absolute Gasteiger partial charge is 0.465 e. The average molecular weight is 284 g/mol. The fourth-order valence-corrected chi connectivity index (χ4v) is 2.51. The van der Waals surface area contributed by atoms with Gasteiger partial charge in [0.15, 0.2) is 5.78 Å². The van der Waals surface area contributed by atoms with Gasteiger partial charge in [-0.25, -0.2) is 0 Å². The standard InChI is InChI=1S/C15H28N2O3/c1-6-17-9-8-16(10-12(17)3)11-13(18)15(4,5)14(19)20-7-2/h12H,6-11H2,1-5H3. The van der Waals surface area contributed by atoms with Crippen LogP contribution in [0.5, 0.6) is 0 Å². The van der Waals surface area contributed by atoms with Gasteiger partial charge >= 0.3 is 5.97 Å². The molecule has 1 fully saturated rings. The summed E-state index contributed by atoms with van der Waals surface area (Å²) in [4.78, 5) is 28.7. The molecule has 0 aromatic rings. The molecule has 1 aliphatic heterocycles. The number of carbonyl (C=O) groups excluding carboxylic acids is 2. The van der Waals surface area contributed by atoms with Crippen molar-refractivity contribution in [3.8, 4) is 0 Å². The quantitative estimate of drug-likeness (QED) is 0.541. The van der Waals surface area contributed by atoms with Crippen molar-refractivity contribution in [1.29, 1.82) is 0 Å². The first-order chi connectivity index (χ1) is 9.32. The molecule has 1 heterocycles. The maximum absolute atomic E-state index is 12.4. The van der Waals surface area contributed by atoms with E-state index in [0.29, 0.717) is 19.2 Å². The summed E-state index contributed by atoms with van der Waals surface area (Å²) in [6.45, 7) is 13.8. The summed E-state index contributed by atoms with van der Waals surface area (Å²) in [5, 5.41) is 0. The molecule has 0 N–H and O–H groups in total. The zero-order chi connectivity index (χ0) is 15.3. The van der Waals surface area contributed by atoms with Gasteiger partial charge in [-0.1, -0.05) is 6.92 Å². The molecule has 0 aromatic heterocycles. The average Bonchev–Trinajstić information content (AvgIpc) is 2.39. The Balaban J connectivity index is 2.56. The topological polar surface area (TPSA) is 49.9 Å². The predicted octanol–water partition coefficient (Wildman–Crippen LogP) is 1.17. The third kappa shape index (κ3) is 4.03. The van der Waals surface area contributed by atoms with Gasteiger partial charge in [0.2, 0.25) is 0 Å². The first-order valence-electron chi connectivity index (χ1n) is 7.49. The number of Topliss-reactive ketones (excluding diaryl/α,β-unsaturated/α-hetero) is 1. The van der Waals surface area contributed by atoms with Crippen molar-refractivity contribution in [1.82, 2.24) is 9.80 Å². The molecule has 0 bridgehead atoms. The van der Waals surface area contributed by atoms with E-state index < -0.39 is 11.4 Å². The first-order valence-corrected chi connectivity index (χ1v) is 7.49. The van der Waals surface area contributed by atoms with Crippen LogP contribution in [0.2, 0.25) is 0 Å². The van der Waals surface area contributed by atoms with Crippen LogP contribution in [0.1, 0.15) is 34.6 Å². The molecule has 116 valence electrons. The van der Waals surface area contributed by atoms with Gasteiger partial charge in [0.05, 0.1) is 13.2 Å². The van der Waals surface area contributed by atoms with Crippen molar-refractivity contribution >= 4 is 11.8 Å². The van der Waals surface area contributed by atoms with Crippen molar-refractivity contribution in [2.75, 3.05) is 39.3 Å². The van der Waals surface area contributed by atoms with Gasteiger partial charge < -0.3 is 4.74 Å². The molecular weight excluding hydrogens is 256 g/mol. The van der Waals surface area contributed by atoms with E-state index in [4.69, 9.17) is 4.74 Å². The van der Waals surface area contributed by atoms with Crippen LogP contribution in [0.25, 0.3) is 0 Å². The minimum Gasteiger partial charge on any atom is -0.465 e. The molecule has 0 radical (unpaired) electrons. The van der Waals surface area contributed by atoms with Gasteiger partial charge in [-0.2, -0.15) is 0 Å². The van der Waals surface area contributed by atoms with E-state index in [9.17, 15) is 9.59 Å². The summed E-state index contributed by atoms with van der Waals surface area (Å²) in [6, 6.07) is 0.451. The van der Waals surface area contributed by atoms with E-state index in [1.165, 1.54) is 0 Å². The van der Waals surface area contributed by atoms with E-state index >= 15 is 0 Å². The van der Waals surface area contributed by atoms with Gasteiger partial charge in [0, 0.05) is 25.7 Å². The van der Waals surface area contributed by atoms with Crippen LogP contribution in [0.4, 0.5) is 0 Å². The second-order valence-electron chi connectivity index (χ2n) is 5.98. The summed E-state index contributed by atoms with van der Waals surface area (Å²) in [7, 11) is 0. The van der Waals surface area contributed by atoms with Gasteiger partial charge in [0.1, 0.15) is 5.41 Å². The third-order valence-corrected chi connectivity index (χ3v) is 4.11. The monoisotopic (exact) mass is 284 g/mol. The Morgan fingerprint density at radius 1 is 1.25 bits per heavy atom. The summed E-state index contributed by atoms with van der Waals surface area (Å²) in [6.07, 6.45) is 0. The normalized spacial score (nSPS) is 21.8. The minimum absolute atomic E-state index is 0.0619. The predicted molar refractivity (Wildman–Crippen MR) is 78.6 cm³/mol. The smallest absolute Gasteiger partial charge is 0.319 e. The number of hydrogen-bond donors (Lipinski definition) is 0. The number of ether oxygens (including phenoxy) is 1. The maximum atomic E-state index is 12.4. The van der Waals surface area contributed by atoms with Gasteiger partial charge in [0.25, 0.3) is 0 Å². The molecule has 0 aromatic carbocycles. The van der Waals surface area contributed by atoms with Gasteiger partial charge in [-0.15, -0.1) is 0 Å². The molecule has 5 heteroatoms. The molecule has 1 unspecified atom stereocenters. The Morgan fingerprint density at radius 3 is 2.40 bits per heavy atom. The lowest BCUT2D eigenvalue weighted by molar-refractivity contribution is -0.158. The van der Waals surface area contributed by atoms with Crippen LogP contribution in [-0.2, 0) is 14.3 Å². The molecule has 5 nitrogen and oxygen atoms in total. The molecule has 0 spiro atoms. The van der Waals surface area contributed by atoms with E-state index in [-0.39, 0.29) is 5.78 Å². The van der Waals surface area contributed by atoms with Crippen LogP contribution in [-0.4, -0.2) is 66.9 Å². The molecule has 1 rings (SSSR count). The Labute approximate surface area is 122 Å². The molecule has 0 saturated carbocycles. The second kappa shape index (κ2) is 7.18. The Kier molecular flexibility index (Phi) is 6.14. The highest BCUT2D eigenvalue weighted by Gasteiger charge is 2.38. The highest BCUT2D eigenvalue weighted by atomic mass is 16.5. The van der Waals surface area contributed by atoms with Crippen LogP contribution >= 0.6 is 0 Å². The van der Waals surface area contributed by atoms with Crippen molar-refractivity contribution in [2.45, 2.75) is 40.7 Å². The number of piperazine rings is 1. The minimum atomic E-state index is -1.05. The maximum Gasteiger partial charge on any atom is 0.319 e. The van der Waals surface area contributed by atoms with E-state index in [1.807, 2.05) is 0 Å². The number of esters is 1.